The van der Waals surface area contributed by atoms with Gasteiger partial charge in [0.25, 0.3) is 5.56 Å². The Morgan fingerprint density at radius 3 is 2.76 bits per heavy atom. The van der Waals surface area contributed by atoms with Gasteiger partial charge in [0.15, 0.2) is 0 Å². The van der Waals surface area contributed by atoms with E-state index in [4.69, 9.17) is 0 Å². The lowest BCUT2D eigenvalue weighted by molar-refractivity contribution is 0.328. The molecular formula is C18H21N5OS. The van der Waals surface area contributed by atoms with E-state index in [9.17, 15) is 4.79 Å². The Morgan fingerprint density at radius 1 is 1.20 bits per heavy atom. The third kappa shape index (κ3) is 3.04. The van der Waals surface area contributed by atoms with E-state index in [-0.39, 0.29) is 11.0 Å². The summed E-state index contributed by atoms with van der Waals surface area (Å²) in [6.07, 6.45) is 1.63. The second-order valence-corrected chi connectivity index (χ2v) is 8.49. The molecule has 1 saturated heterocycles. The summed E-state index contributed by atoms with van der Waals surface area (Å²) in [5.41, 5.74) is 0.847. The van der Waals surface area contributed by atoms with Crippen LogP contribution in [0.2, 0.25) is 0 Å². The number of nitrogens with zero attached hydrogens (tertiary/aromatic N) is 5. The molecule has 1 aliphatic heterocycles. The molecule has 0 spiro atoms. The van der Waals surface area contributed by atoms with Gasteiger partial charge < -0.3 is 4.90 Å². The normalized spacial score (nSPS) is 15.6. The lowest BCUT2D eigenvalue weighted by Crippen LogP contribution is -2.50. The predicted octanol–water partition coefficient (Wildman–Crippen LogP) is 2.68. The summed E-state index contributed by atoms with van der Waals surface area (Å²) in [6.45, 7) is 8.74. The first-order chi connectivity index (χ1) is 11.9. The molecule has 0 N–H and O–H groups in total. The molecule has 25 heavy (non-hydrogen) atoms. The molecule has 1 aliphatic rings. The number of thiophene rings is 1. The lowest BCUT2D eigenvalue weighted by Gasteiger charge is -2.40. The number of hydrogen-bond donors (Lipinski definition) is 0. The van der Waals surface area contributed by atoms with E-state index in [2.05, 4.69) is 46.8 Å². The molecule has 7 heteroatoms. The Bertz CT molecular complexity index is 965. The van der Waals surface area contributed by atoms with Crippen LogP contribution in [-0.4, -0.2) is 32.8 Å². The Morgan fingerprint density at radius 2 is 2.00 bits per heavy atom. The van der Waals surface area contributed by atoms with E-state index in [1.54, 1.807) is 28.4 Å². The van der Waals surface area contributed by atoms with E-state index in [1.165, 1.54) is 0 Å². The predicted molar refractivity (Wildman–Crippen MR) is 100 cm³/mol. The van der Waals surface area contributed by atoms with Crippen LogP contribution < -0.4 is 10.5 Å². The number of aromatic nitrogens is 4. The summed E-state index contributed by atoms with van der Waals surface area (Å²) in [4.78, 5) is 24.1. The van der Waals surface area contributed by atoms with Crippen molar-refractivity contribution in [3.05, 3.63) is 46.0 Å². The van der Waals surface area contributed by atoms with Gasteiger partial charge in [-0.2, -0.15) is 5.10 Å². The van der Waals surface area contributed by atoms with Crippen LogP contribution in [0.3, 0.4) is 0 Å². The van der Waals surface area contributed by atoms with Gasteiger partial charge in [0.05, 0.1) is 17.6 Å². The first-order valence-corrected chi connectivity index (χ1v) is 9.31. The molecule has 0 atom stereocenters. The van der Waals surface area contributed by atoms with Crippen LogP contribution in [0.4, 0.5) is 5.82 Å². The van der Waals surface area contributed by atoms with Crippen molar-refractivity contribution in [1.82, 2.24) is 19.7 Å². The van der Waals surface area contributed by atoms with Crippen molar-refractivity contribution in [2.75, 3.05) is 18.0 Å². The summed E-state index contributed by atoms with van der Waals surface area (Å²) in [5.74, 6) is 1.40. The molecule has 0 bridgehead atoms. The van der Waals surface area contributed by atoms with Crippen LogP contribution in [0, 0.1) is 5.92 Å². The van der Waals surface area contributed by atoms with Crippen LogP contribution in [0.15, 0.2) is 34.7 Å². The van der Waals surface area contributed by atoms with E-state index >= 15 is 0 Å². The highest BCUT2D eigenvalue weighted by molar-refractivity contribution is 7.16. The largest absolute Gasteiger partial charge is 0.355 e. The van der Waals surface area contributed by atoms with E-state index in [1.807, 2.05) is 11.4 Å². The first-order valence-electron chi connectivity index (χ1n) is 8.43. The fourth-order valence-corrected chi connectivity index (χ4v) is 3.84. The van der Waals surface area contributed by atoms with Crippen molar-refractivity contribution < 1.29 is 0 Å². The van der Waals surface area contributed by atoms with Crippen LogP contribution in [0.25, 0.3) is 10.2 Å². The van der Waals surface area contributed by atoms with E-state index in [0.29, 0.717) is 12.5 Å². The third-order valence-electron chi connectivity index (χ3n) is 4.56. The maximum absolute atomic E-state index is 12.1. The summed E-state index contributed by atoms with van der Waals surface area (Å²) < 4.78 is 1.61. The Labute approximate surface area is 150 Å². The van der Waals surface area contributed by atoms with Gasteiger partial charge in [0.1, 0.15) is 17.0 Å². The minimum absolute atomic E-state index is 0.0336. The van der Waals surface area contributed by atoms with Crippen molar-refractivity contribution in [3.8, 4) is 0 Å². The van der Waals surface area contributed by atoms with Gasteiger partial charge >= 0.3 is 0 Å². The van der Waals surface area contributed by atoms with Crippen molar-refractivity contribution in [3.63, 3.8) is 0 Å². The van der Waals surface area contributed by atoms with Crippen molar-refractivity contribution in [1.29, 1.82) is 0 Å². The van der Waals surface area contributed by atoms with Crippen LogP contribution in [-0.2, 0) is 12.0 Å². The molecule has 0 radical (unpaired) electrons. The fraction of sp³-hybridized carbons (Fsp3) is 0.444. The summed E-state index contributed by atoms with van der Waals surface area (Å²) in [6, 6.07) is 5.53. The van der Waals surface area contributed by atoms with Gasteiger partial charge in [-0.3, -0.25) is 4.79 Å². The SMILES string of the molecule is CC(C)(C)c1ccc(=O)n(CC2CN(c3ncnc4sccc34)C2)n1. The standard InChI is InChI=1S/C18H21N5OS/c1-18(2,3)14-4-5-15(24)23(21-14)10-12-8-22(9-12)16-13-6-7-25-17(13)20-11-19-16/h4-7,11-12H,8-10H2,1-3H3. The second-order valence-electron chi connectivity index (χ2n) is 7.60. The van der Waals surface area contributed by atoms with Gasteiger partial charge in [-0.15, -0.1) is 11.3 Å². The van der Waals surface area contributed by atoms with Crippen molar-refractivity contribution >= 4 is 27.4 Å². The summed E-state index contributed by atoms with van der Waals surface area (Å²) >= 11 is 1.63. The molecule has 0 aliphatic carbocycles. The molecule has 0 unspecified atom stereocenters. The Kier molecular flexibility index (Phi) is 3.83. The van der Waals surface area contributed by atoms with Gasteiger partial charge in [-0.25, -0.2) is 14.6 Å². The average Bonchev–Trinajstić information content (AvgIpc) is 2.99. The zero-order valence-electron chi connectivity index (χ0n) is 14.6. The minimum atomic E-state index is -0.0629. The molecule has 0 amide bonds. The quantitative estimate of drug-likeness (QED) is 0.723. The average molecular weight is 355 g/mol. The molecule has 3 aromatic heterocycles. The molecule has 4 heterocycles. The minimum Gasteiger partial charge on any atom is -0.355 e. The molecule has 6 nitrogen and oxygen atoms in total. The monoisotopic (exact) mass is 355 g/mol. The zero-order valence-corrected chi connectivity index (χ0v) is 15.5. The van der Waals surface area contributed by atoms with E-state index < -0.39 is 0 Å². The molecule has 3 aromatic rings. The highest BCUT2D eigenvalue weighted by Gasteiger charge is 2.30. The molecule has 130 valence electrons. The molecular weight excluding hydrogens is 334 g/mol. The lowest BCUT2D eigenvalue weighted by atomic mass is 9.92. The maximum atomic E-state index is 12.1. The van der Waals surface area contributed by atoms with Gasteiger partial charge in [-0.1, -0.05) is 20.8 Å². The van der Waals surface area contributed by atoms with Crippen LogP contribution >= 0.6 is 11.3 Å². The Hall–Kier alpha value is -2.28. The zero-order chi connectivity index (χ0) is 17.6. The Balaban J connectivity index is 1.49. The topological polar surface area (TPSA) is 63.9 Å². The summed E-state index contributed by atoms with van der Waals surface area (Å²) in [5, 5.41) is 7.72. The van der Waals surface area contributed by atoms with Gasteiger partial charge in [-0.05, 0) is 17.5 Å². The van der Waals surface area contributed by atoms with Crippen molar-refractivity contribution in [2.45, 2.75) is 32.7 Å². The van der Waals surface area contributed by atoms with Gasteiger partial charge in [0, 0.05) is 30.5 Å². The van der Waals surface area contributed by atoms with Gasteiger partial charge in [0.2, 0.25) is 0 Å². The number of rotatable bonds is 3. The number of hydrogen-bond acceptors (Lipinski definition) is 6. The van der Waals surface area contributed by atoms with Crippen LogP contribution in [0.1, 0.15) is 26.5 Å². The number of anilines is 1. The summed E-state index contributed by atoms with van der Waals surface area (Å²) in [7, 11) is 0. The van der Waals surface area contributed by atoms with Crippen molar-refractivity contribution in [2.24, 2.45) is 5.92 Å². The van der Waals surface area contributed by atoms with E-state index in [0.717, 1.165) is 34.8 Å². The second kappa shape index (κ2) is 5.91. The highest BCUT2D eigenvalue weighted by atomic mass is 32.1. The number of fused-ring (bicyclic) bond motifs is 1. The first kappa shape index (κ1) is 16.2. The molecule has 4 rings (SSSR count). The molecule has 0 aromatic carbocycles. The third-order valence-corrected chi connectivity index (χ3v) is 5.38. The fourth-order valence-electron chi connectivity index (χ4n) is 3.11. The highest BCUT2D eigenvalue weighted by Crippen LogP contribution is 2.31. The van der Waals surface area contributed by atoms with Crippen LogP contribution in [0.5, 0.6) is 0 Å². The molecule has 0 saturated carbocycles. The maximum Gasteiger partial charge on any atom is 0.266 e. The smallest absolute Gasteiger partial charge is 0.266 e. The molecule has 1 fully saturated rings.